The molecule has 0 radical (unpaired) electrons. The lowest BCUT2D eigenvalue weighted by Crippen LogP contribution is -2.33. The molecule has 1 aromatic carbocycles. The molecule has 0 spiro atoms. The van der Waals surface area contributed by atoms with E-state index in [1.807, 2.05) is 31.2 Å². The number of aromatic nitrogens is 3. The number of hydrogen-bond acceptors (Lipinski definition) is 9. The number of rotatable bonds is 9. The summed E-state index contributed by atoms with van der Waals surface area (Å²) in [6, 6.07) is 8.77. The molecule has 10 nitrogen and oxygen atoms in total. The molecule has 6 N–H and O–H groups in total. The molecule has 33 heavy (non-hydrogen) atoms. The number of thioether (sulfide) groups is 1. The van der Waals surface area contributed by atoms with Gasteiger partial charge >= 0.3 is 5.97 Å². The van der Waals surface area contributed by atoms with Crippen molar-refractivity contribution in [3.63, 3.8) is 0 Å². The largest absolute Gasteiger partial charge is 0.480 e. The summed E-state index contributed by atoms with van der Waals surface area (Å²) in [5.41, 5.74) is 8.86. The molecule has 1 saturated heterocycles. The first-order valence-electron chi connectivity index (χ1n) is 10.6. The van der Waals surface area contributed by atoms with Crippen LogP contribution in [0.1, 0.15) is 18.2 Å². The number of aliphatic hydroxyl groups excluding tert-OH is 2. The van der Waals surface area contributed by atoms with Gasteiger partial charge in [0.1, 0.15) is 23.8 Å². The molecule has 11 heteroatoms. The number of aliphatic hydroxyl groups is 2. The molecule has 0 bridgehead atoms. The van der Waals surface area contributed by atoms with Gasteiger partial charge in [0.25, 0.3) is 0 Å². The predicted molar refractivity (Wildman–Crippen MR) is 125 cm³/mol. The molecule has 5 atom stereocenters. The minimum atomic E-state index is -1.14. The highest BCUT2D eigenvalue weighted by Crippen LogP contribution is 2.34. The van der Waals surface area contributed by atoms with Crippen molar-refractivity contribution in [3.05, 3.63) is 48.4 Å². The first-order chi connectivity index (χ1) is 15.8. The number of aliphatic carboxylic acids is 1. The van der Waals surface area contributed by atoms with E-state index in [0.29, 0.717) is 34.8 Å². The molecule has 3 heterocycles. The first kappa shape index (κ1) is 23.5. The number of carbonyl (C=O) groups is 1. The Morgan fingerprint density at radius 3 is 2.73 bits per heavy atom. The van der Waals surface area contributed by atoms with Gasteiger partial charge in [0, 0.05) is 17.6 Å². The maximum Gasteiger partial charge on any atom is 0.320 e. The highest BCUT2D eigenvalue weighted by Gasteiger charge is 2.44. The molecular weight excluding hydrogens is 446 g/mol. The second-order valence-corrected chi connectivity index (χ2v) is 9.17. The molecule has 0 saturated carbocycles. The molecule has 1 aliphatic rings. The standard InChI is InChI=1S/C22H27N5O5S/c1-12-2-4-13(5-3-12)26-20-17-15(6-8-24-20)27(11-25-17)21-19(29)18(28)16(32-21)10-33-9-7-14(23)22(30)31/h2-6,8,11,14,16,18-19,21,28-29H,7,9-10,23H2,1H3,(H,24,26)(H,30,31). The summed E-state index contributed by atoms with van der Waals surface area (Å²) in [5.74, 6) is 0.440. The number of fused-ring (bicyclic) bond motifs is 1. The predicted octanol–water partition coefficient (Wildman–Crippen LogP) is 1.64. The number of nitrogens with zero attached hydrogens (tertiary/aromatic N) is 3. The third kappa shape index (κ3) is 5.12. The molecule has 1 fully saturated rings. The van der Waals surface area contributed by atoms with E-state index in [1.54, 1.807) is 23.2 Å². The summed E-state index contributed by atoms with van der Waals surface area (Å²) >= 11 is 1.43. The van der Waals surface area contributed by atoms with Crippen molar-refractivity contribution in [2.75, 3.05) is 16.8 Å². The number of nitrogens with two attached hydrogens (primary N) is 1. The van der Waals surface area contributed by atoms with E-state index in [2.05, 4.69) is 15.3 Å². The molecule has 4 rings (SSSR count). The topological polar surface area (TPSA) is 156 Å². The monoisotopic (exact) mass is 473 g/mol. The number of anilines is 2. The van der Waals surface area contributed by atoms with Crippen molar-refractivity contribution >= 4 is 40.3 Å². The Morgan fingerprint density at radius 1 is 1.24 bits per heavy atom. The first-order valence-corrected chi connectivity index (χ1v) is 11.7. The summed E-state index contributed by atoms with van der Waals surface area (Å²) < 4.78 is 7.67. The van der Waals surface area contributed by atoms with Gasteiger partial charge in [0.05, 0.1) is 17.9 Å². The zero-order valence-corrected chi connectivity index (χ0v) is 18.9. The number of benzene rings is 1. The van der Waals surface area contributed by atoms with Crippen LogP contribution in [0.5, 0.6) is 0 Å². The highest BCUT2D eigenvalue weighted by atomic mass is 32.2. The van der Waals surface area contributed by atoms with Gasteiger partial charge < -0.3 is 35.7 Å². The number of aryl methyl sites for hydroxylation is 1. The van der Waals surface area contributed by atoms with Crippen molar-refractivity contribution in [1.29, 1.82) is 0 Å². The molecule has 5 unspecified atom stereocenters. The third-order valence-electron chi connectivity index (χ3n) is 5.59. The van der Waals surface area contributed by atoms with Gasteiger partial charge in [0.15, 0.2) is 12.0 Å². The van der Waals surface area contributed by atoms with Gasteiger partial charge in [-0.3, -0.25) is 4.79 Å². The summed E-state index contributed by atoms with van der Waals surface area (Å²) in [7, 11) is 0. The van der Waals surface area contributed by atoms with Crippen LogP contribution in [0.25, 0.3) is 11.0 Å². The van der Waals surface area contributed by atoms with E-state index in [9.17, 15) is 15.0 Å². The van der Waals surface area contributed by atoms with Crippen LogP contribution in [0.15, 0.2) is 42.9 Å². The second kappa shape index (κ2) is 10.1. The molecule has 2 aromatic heterocycles. The lowest BCUT2D eigenvalue weighted by Gasteiger charge is -2.17. The summed E-state index contributed by atoms with van der Waals surface area (Å²) in [6.07, 6.45) is -0.129. The summed E-state index contributed by atoms with van der Waals surface area (Å²) in [4.78, 5) is 19.7. The van der Waals surface area contributed by atoms with Gasteiger partial charge in [0.2, 0.25) is 0 Å². The molecule has 0 aliphatic carbocycles. The van der Waals surface area contributed by atoms with Crippen LogP contribution in [0, 0.1) is 6.92 Å². The van der Waals surface area contributed by atoms with Gasteiger partial charge in [-0.15, -0.1) is 0 Å². The van der Waals surface area contributed by atoms with Crippen LogP contribution in [-0.2, 0) is 9.53 Å². The van der Waals surface area contributed by atoms with Crippen molar-refractivity contribution < 1.29 is 24.9 Å². The Balaban J connectivity index is 1.46. The fraction of sp³-hybridized carbons (Fsp3) is 0.409. The Kier molecular flexibility index (Phi) is 7.15. The number of imidazole rings is 1. The molecule has 0 amide bonds. The average Bonchev–Trinajstić information content (AvgIpc) is 3.35. The van der Waals surface area contributed by atoms with Gasteiger partial charge in [-0.2, -0.15) is 11.8 Å². The molecule has 1 aliphatic heterocycles. The van der Waals surface area contributed by atoms with Crippen molar-refractivity contribution in [2.45, 2.75) is 43.9 Å². The number of hydrogen-bond donors (Lipinski definition) is 5. The Bertz CT molecular complexity index is 1110. The summed E-state index contributed by atoms with van der Waals surface area (Å²) in [6.45, 7) is 2.02. The number of carboxylic acid groups (broad SMARTS) is 1. The van der Waals surface area contributed by atoms with Gasteiger partial charge in [-0.25, -0.2) is 9.97 Å². The zero-order valence-electron chi connectivity index (χ0n) is 18.0. The van der Waals surface area contributed by atoms with Gasteiger partial charge in [-0.1, -0.05) is 17.7 Å². The second-order valence-electron chi connectivity index (χ2n) is 8.02. The number of ether oxygens (including phenoxy) is 1. The van der Waals surface area contributed by atoms with E-state index in [1.165, 1.54) is 11.8 Å². The van der Waals surface area contributed by atoms with Crippen LogP contribution in [0.3, 0.4) is 0 Å². The van der Waals surface area contributed by atoms with Crippen molar-refractivity contribution in [3.8, 4) is 0 Å². The number of carboxylic acids is 1. The maximum absolute atomic E-state index is 10.8. The van der Waals surface area contributed by atoms with E-state index < -0.39 is 36.6 Å². The number of pyridine rings is 1. The normalized spacial score (nSPS) is 23.6. The highest BCUT2D eigenvalue weighted by molar-refractivity contribution is 7.99. The van der Waals surface area contributed by atoms with Crippen LogP contribution in [0.4, 0.5) is 11.5 Å². The average molecular weight is 474 g/mol. The van der Waals surface area contributed by atoms with Crippen molar-refractivity contribution in [1.82, 2.24) is 14.5 Å². The van der Waals surface area contributed by atoms with E-state index in [-0.39, 0.29) is 0 Å². The zero-order chi connectivity index (χ0) is 23.5. The fourth-order valence-corrected chi connectivity index (χ4v) is 4.75. The Labute approximate surface area is 194 Å². The molecule has 3 aromatic rings. The molecular formula is C22H27N5O5S. The minimum Gasteiger partial charge on any atom is -0.480 e. The van der Waals surface area contributed by atoms with E-state index in [4.69, 9.17) is 15.6 Å². The van der Waals surface area contributed by atoms with Crippen LogP contribution < -0.4 is 11.1 Å². The smallest absolute Gasteiger partial charge is 0.320 e. The molecule has 176 valence electrons. The van der Waals surface area contributed by atoms with E-state index >= 15 is 0 Å². The van der Waals surface area contributed by atoms with Crippen LogP contribution >= 0.6 is 11.8 Å². The quantitative estimate of drug-likeness (QED) is 0.290. The SMILES string of the molecule is Cc1ccc(Nc2nccc3c2ncn3C2OC(CSCCC(N)C(=O)O)C(O)C2O)cc1. The fourth-order valence-electron chi connectivity index (χ4n) is 3.66. The van der Waals surface area contributed by atoms with Crippen LogP contribution in [0.2, 0.25) is 0 Å². The lowest BCUT2D eigenvalue weighted by atomic mass is 10.1. The lowest BCUT2D eigenvalue weighted by molar-refractivity contribution is -0.138. The summed E-state index contributed by atoms with van der Waals surface area (Å²) in [5, 5.41) is 33.3. The Morgan fingerprint density at radius 2 is 2.00 bits per heavy atom. The minimum absolute atomic E-state index is 0.310. The number of nitrogens with one attached hydrogen (secondary N) is 1. The Hall–Kier alpha value is -2.70. The van der Waals surface area contributed by atoms with Gasteiger partial charge in [-0.05, 0) is 37.3 Å². The van der Waals surface area contributed by atoms with E-state index in [0.717, 1.165) is 11.3 Å². The van der Waals surface area contributed by atoms with Crippen LogP contribution in [-0.4, -0.2) is 71.7 Å². The third-order valence-corrected chi connectivity index (χ3v) is 6.68. The van der Waals surface area contributed by atoms with Crippen molar-refractivity contribution in [2.24, 2.45) is 5.73 Å². The maximum atomic E-state index is 10.8.